The van der Waals surface area contributed by atoms with Crippen molar-refractivity contribution in [1.82, 2.24) is 9.55 Å². The molecule has 1 amide bonds. The highest BCUT2D eigenvalue weighted by Crippen LogP contribution is 2.33. The van der Waals surface area contributed by atoms with Gasteiger partial charge >= 0.3 is 6.55 Å². The molecule has 146 valence electrons. The van der Waals surface area contributed by atoms with Crippen LogP contribution in [0.1, 0.15) is 18.5 Å². The third kappa shape index (κ3) is 3.44. The first-order chi connectivity index (χ1) is 13.6. The van der Waals surface area contributed by atoms with E-state index in [1.807, 2.05) is 18.2 Å². The maximum atomic E-state index is 13.5. The molecule has 0 saturated heterocycles. The lowest BCUT2D eigenvalue weighted by Gasteiger charge is -2.29. The predicted octanol–water partition coefficient (Wildman–Crippen LogP) is 4.51. The molecule has 0 aliphatic carbocycles. The number of para-hydroxylation sites is 2. The van der Waals surface area contributed by atoms with E-state index in [1.165, 1.54) is 0 Å². The van der Waals surface area contributed by atoms with Crippen molar-refractivity contribution >= 4 is 34.4 Å². The van der Waals surface area contributed by atoms with E-state index in [4.69, 9.17) is 4.74 Å². The zero-order valence-corrected chi connectivity index (χ0v) is 16.1. The second-order valence-electron chi connectivity index (χ2n) is 6.46. The Hall–Kier alpha value is -2.61. The van der Waals surface area contributed by atoms with Gasteiger partial charge in [-0.15, -0.1) is 0 Å². The van der Waals surface area contributed by atoms with Crippen LogP contribution in [0.2, 0.25) is 0 Å². The highest BCUT2D eigenvalue weighted by atomic mass is 32.2. The summed E-state index contributed by atoms with van der Waals surface area (Å²) in [5.74, 6) is 0.679. The quantitative estimate of drug-likeness (QED) is 0.588. The number of benzene rings is 2. The molecular weight excluding hydrogens is 384 g/mol. The summed E-state index contributed by atoms with van der Waals surface area (Å²) in [5.41, 5.74) is 2.78. The van der Waals surface area contributed by atoms with Crippen LogP contribution in [0, 0.1) is 0 Å². The van der Waals surface area contributed by atoms with Gasteiger partial charge in [0.1, 0.15) is 5.75 Å². The molecule has 1 aliphatic rings. The number of alkyl halides is 2. The number of halogens is 2. The SMILES string of the molecule is COc1ccc2c(c1)CCCN2C(=O)CSc1nc2ccccc2n1C(F)F. The number of hydrogen-bond donors (Lipinski definition) is 0. The summed E-state index contributed by atoms with van der Waals surface area (Å²) in [4.78, 5) is 18.8. The van der Waals surface area contributed by atoms with Gasteiger partial charge in [-0.25, -0.2) is 4.98 Å². The maximum absolute atomic E-state index is 13.5. The Morgan fingerprint density at radius 2 is 2.11 bits per heavy atom. The van der Waals surface area contributed by atoms with E-state index in [9.17, 15) is 13.6 Å². The Kier molecular flexibility index (Phi) is 5.21. The second-order valence-corrected chi connectivity index (χ2v) is 7.41. The molecule has 0 radical (unpaired) electrons. The summed E-state index contributed by atoms with van der Waals surface area (Å²) in [5, 5.41) is 0.150. The van der Waals surface area contributed by atoms with Crippen LogP contribution in [-0.4, -0.2) is 34.9 Å². The number of aryl methyl sites for hydroxylation is 1. The molecule has 28 heavy (non-hydrogen) atoms. The number of rotatable bonds is 5. The van der Waals surface area contributed by atoms with Gasteiger partial charge < -0.3 is 9.64 Å². The monoisotopic (exact) mass is 403 g/mol. The Morgan fingerprint density at radius 3 is 2.89 bits per heavy atom. The predicted molar refractivity (Wildman–Crippen MR) is 105 cm³/mol. The number of amides is 1. The zero-order valence-electron chi connectivity index (χ0n) is 15.3. The van der Waals surface area contributed by atoms with Crippen molar-refractivity contribution in [1.29, 1.82) is 0 Å². The van der Waals surface area contributed by atoms with Crippen LogP contribution < -0.4 is 9.64 Å². The van der Waals surface area contributed by atoms with Gasteiger partial charge in [0.25, 0.3) is 0 Å². The van der Waals surface area contributed by atoms with Crippen molar-refractivity contribution in [3.63, 3.8) is 0 Å². The lowest BCUT2D eigenvalue weighted by molar-refractivity contribution is -0.116. The molecule has 8 heteroatoms. The zero-order chi connectivity index (χ0) is 19.7. The van der Waals surface area contributed by atoms with Crippen LogP contribution in [0.15, 0.2) is 47.6 Å². The van der Waals surface area contributed by atoms with Crippen molar-refractivity contribution < 1.29 is 18.3 Å². The summed E-state index contributed by atoms with van der Waals surface area (Å²) in [7, 11) is 1.61. The van der Waals surface area contributed by atoms with Crippen molar-refractivity contribution in [2.45, 2.75) is 24.5 Å². The standard InChI is InChI=1S/C20H19F2N3O2S/c1-27-14-8-9-16-13(11-14)5-4-10-24(16)18(26)12-28-20-23-15-6-2-3-7-17(15)25(20)19(21)22/h2-3,6-9,11,19H,4-5,10,12H2,1H3. The Labute approximate surface area is 165 Å². The molecule has 1 aromatic heterocycles. The second kappa shape index (κ2) is 7.79. The molecule has 0 spiro atoms. The minimum absolute atomic E-state index is 0.0432. The third-order valence-corrected chi connectivity index (χ3v) is 5.73. The summed E-state index contributed by atoms with van der Waals surface area (Å²) < 4.78 is 33.2. The highest BCUT2D eigenvalue weighted by Gasteiger charge is 2.25. The van der Waals surface area contributed by atoms with Gasteiger partial charge in [-0.2, -0.15) is 8.78 Å². The molecule has 5 nitrogen and oxygen atoms in total. The Balaban J connectivity index is 1.55. The number of fused-ring (bicyclic) bond motifs is 2. The number of anilines is 1. The number of nitrogens with zero attached hydrogens (tertiary/aromatic N) is 3. The molecule has 2 aromatic carbocycles. The molecule has 1 aliphatic heterocycles. The van der Waals surface area contributed by atoms with E-state index in [2.05, 4.69) is 4.98 Å². The minimum atomic E-state index is -2.71. The maximum Gasteiger partial charge on any atom is 0.321 e. The first-order valence-electron chi connectivity index (χ1n) is 8.93. The molecule has 2 heterocycles. The van der Waals surface area contributed by atoms with Crippen molar-refractivity contribution in [3.8, 4) is 5.75 Å². The lowest BCUT2D eigenvalue weighted by Crippen LogP contribution is -2.36. The fourth-order valence-corrected chi connectivity index (χ4v) is 4.36. The molecule has 0 bridgehead atoms. The van der Waals surface area contributed by atoms with E-state index in [1.54, 1.807) is 36.3 Å². The number of thioether (sulfide) groups is 1. The van der Waals surface area contributed by atoms with Gasteiger partial charge in [0, 0.05) is 12.2 Å². The molecule has 0 unspecified atom stereocenters. The average Bonchev–Trinajstić information content (AvgIpc) is 3.09. The summed E-state index contributed by atoms with van der Waals surface area (Å²) >= 11 is 1.04. The van der Waals surface area contributed by atoms with E-state index >= 15 is 0 Å². The minimum Gasteiger partial charge on any atom is -0.497 e. The molecule has 0 N–H and O–H groups in total. The topological polar surface area (TPSA) is 47.4 Å². The number of carbonyl (C=O) groups is 1. The molecule has 0 atom stereocenters. The van der Waals surface area contributed by atoms with Gasteiger partial charge in [-0.1, -0.05) is 23.9 Å². The number of carbonyl (C=O) groups excluding carboxylic acids is 1. The summed E-state index contributed by atoms with van der Waals surface area (Å²) in [6.07, 6.45) is 1.73. The van der Waals surface area contributed by atoms with Gasteiger partial charge in [0.05, 0.1) is 23.9 Å². The lowest BCUT2D eigenvalue weighted by atomic mass is 10.0. The third-order valence-electron chi connectivity index (χ3n) is 4.79. The molecule has 3 aromatic rings. The smallest absolute Gasteiger partial charge is 0.321 e. The largest absolute Gasteiger partial charge is 0.497 e. The molecular formula is C20H19F2N3O2S. The van der Waals surface area contributed by atoms with Crippen LogP contribution in [0.3, 0.4) is 0 Å². The first kappa shape index (κ1) is 18.7. The molecule has 0 fully saturated rings. The van der Waals surface area contributed by atoms with Crippen molar-refractivity contribution in [2.24, 2.45) is 0 Å². The number of ether oxygens (including phenoxy) is 1. The van der Waals surface area contributed by atoms with Gasteiger partial charge in [-0.3, -0.25) is 9.36 Å². The highest BCUT2D eigenvalue weighted by molar-refractivity contribution is 7.99. The van der Waals surface area contributed by atoms with E-state index in [0.29, 0.717) is 17.6 Å². The fraction of sp³-hybridized carbons (Fsp3) is 0.300. The summed E-state index contributed by atoms with van der Waals surface area (Å²) in [6.45, 7) is -2.10. The van der Waals surface area contributed by atoms with Gasteiger partial charge in [-0.05, 0) is 48.7 Å². The summed E-state index contributed by atoms with van der Waals surface area (Å²) in [6, 6.07) is 12.4. The van der Waals surface area contributed by atoms with E-state index < -0.39 is 6.55 Å². The van der Waals surface area contributed by atoms with E-state index in [0.717, 1.165) is 46.2 Å². The van der Waals surface area contributed by atoms with Crippen LogP contribution in [-0.2, 0) is 11.2 Å². The van der Waals surface area contributed by atoms with Crippen LogP contribution in [0.5, 0.6) is 5.75 Å². The Bertz CT molecular complexity index is 1020. The first-order valence-corrected chi connectivity index (χ1v) is 9.92. The van der Waals surface area contributed by atoms with Crippen molar-refractivity contribution in [2.75, 3.05) is 24.3 Å². The van der Waals surface area contributed by atoms with Gasteiger partial charge in [0.2, 0.25) is 5.91 Å². The number of hydrogen-bond acceptors (Lipinski definition) is 4. The number of aromatic nitrogens is 2. The number of imidazole rings is 1. The van der Waals surface area contributed by atoms with Gasteiger partial charge in [0.15, 0.2) is 5.16 Å². The Morgan fingerprint density at radius 1 is 1.29 bits per heavy atom. The van der Waals surface area contributed by atoms with Crippen molar-refractivity contribution in [3.05, 3.63) is 48.0 Å². The number of methoxy groups -OCH3 is 1. The molecule has 0 saturated carbocycles. The fourth-order valence-electron chi connectivity index (χ4n) is 3.48. The molecule has 4 rings (SSSR count). The van der Waals surface area contributed by atoms with Crippen LogP contribution >= 0.6 is 11.8 Å². The van der Waals surface area contributed by atoms with Crippen LogP contribution in [0.25, 0.3) is 11.0 Å². The normalized spacial score (nSPS) is 13.8. The average molecular weight is 403 g/mol. The van der Waals surface area contributed by atoms with E-state index in [-0.39, 0.29) is 16.8 Å². The van der Waals surface area contributed by atoms with Crippen LogP contribution in [0.4, 0.5) is 14.5 Å².